The zero-order valence-corrected chi connectivity index (χ0v) is 11.8. The van der Waals surface area contributed by atoms with E-state index in [0.29, 0.717) is 6.54 Å². The Morgan fingerprint density at radius 3 is 2.74 bits per heavy atom. The first-order chi connectivity index (χ1) is 9.15. The van der Waals surface area contributed by atoms with Crippen molar-refractivity contribution in [1.82, 2.24) is 10.6 Å². The lowest BCUT2D eigenvalue weighted by Crippen LogP contribution is -2.37. The van der Waals surface area contributed by atoms with Crippen molar-refractivity contribution in [3.8, 4) is 0 Å². The van der Waals surface area contributed by atoms with E-state index in [2.05, 4.69) is 27.9 Å². The van der Waals surface area contributed by atoms with Crippen molar-refractivity contribution in [2.75, 3.05) is 18.9 Å². The summed E-state index contributed by atoms with van der Waals surface area (Å²) in [5.41, 5.74) is 1.90. The highest BCUT2D eigenvalue weighted by molar-refractivity contribution is 5.88. The third-order valence-corrected chi connectivity index (χ3v) is 2.47. The quantitative estimate of drug-likeness (QED) is 0.559. The van der Waals surface area contributed by atoms with Crippen LogP contribution in [0.15, 0.2) is 29.3 Å². The minimum absolute atomic E-state index is 0.0643. The molecule has 19 heavy (non-hydrogen) atoms. The number of nitrogens with zero attached hydrogens (tertiary/aromatic N) is 1. The average Bonchev–Trinajstić information content (AvgIpc) is 2.38. The van der Waals surface area contributed by atoms with Crippen molar-refractivity contribution >= 4 is 17.6 Å². The van der Waals surface area contributed by atoms with Gasteiger partial charge in [0.25, 0.3) is 0 Å². The summed E-state index contributed by atoms with van der Waals surface area (Å²) in [6, 6.07) is 7.74. The lowest BCUT2D eigenvalue weighted by Gasteiger charge is -2.11. The van der Waals surface area contributed by atoms with Crippen molar-refractivity contribution in [1.29, 1.82) is 0 Å². The lowest BCUT2D eigenvalue weighted by molar-refractivity contribution is -0.114. The SMILES string of the molecule is CCCNC(=NC)NCc1cccc(NC(C)=O)c1. The zero-order valence-electron chi connectivity index (χ0n) is 11.8. The second kappa shape index (κ2) is 8.13. The van der Waals surface area contributed by atoms with Crippen LogP contribution in [0, 0.1) is 0 Å². The average molecular weight is 262 g/mol. The Morgan fingerprint density at radius 2 is 2.11 bits per heavy atom. The molecule has 0 fully saturated rings. The summed E-state index contributed by atoms with van der Waals surface area (Å²) in [6.45, 7) is 5.17. The molecule has 0 aromatic heterocycles. The maximum absolute atomic E-state index is 11.0. The minimum atomic E-state index is -0.0643. The molecular formula is C14H22N4O. The molecule has 0 spiro atoms. The molecule has 5 heteroatoms. The summed E-state index contributed by atoms with van der Waals surface area (Å²) in [6.07, 6.45) is 1.05. The number of guanidine groups is 1. The number of hydrogen-bond acceptors (Lipinski definition) is 2. The van der Waals surface area contributed by atoms with Crippen molar-refractivity contribution in [2.45, 2.75) is 26.8 Å². The molecule has 3 N–H and O–H groups in total. The Bertz CT molecular complexity index is 443. The van der Waals surface area contributed by atoms with Gasteiger partial charge in [-0.25, -0.2) is 0 Å². The Kier molecular flexibility index (Phi) is 6.43. The fourth-order valence-electron chi connectivity index (χ4n) is 1.61. The van der Waals surface area contributed by atoms with Crippen LogP contribution in [-0.4, -0.2) is 25.5 Å². The van der Waals surface area contributed by atoms with Gasteiger partial charge < -0.3 is 16.0 Å². The molecule has 0 aliphatic carbocycles. The smallest absolute Gasteiger partial charge is 0.221 e. The van der Waals surface area contributed by atoms with E-state index in [0.717, 1.165) is 30.2 Å². The first kappa shape index (κ1) is 15.0. The van der Waals surface area contributed by atoms with E-state index in [4.69, 9.17) is 0 Å². The second-order valence-electron chi connectivity index (χ2n) is 4.23. The van der Waals surface area contributed by atoms with Crippen LogP contribution in [0.4, 0.5) is 5.69 Å². The first-order valence-corrected chi connectivity index (χ1v) is 6.46. The van der Waals surface area contributed by atoms with Gasteiger partial charge >= 0.3 is 0 Å². The topological polar surface area (TPSA) is 65.5 Å². The number of rotatable bonds is 5. The van der Waals surface area contributed by atoms with E-state index in [1.807, 2.05) is 24.3 Å². The van der Waals surface area contributed by atoms with Gasteiger partial charge in [0.2, 0.25) is 5.91 Å². The predicted octanol–water partition coefficient (Wildman–Crippen LogP) is 1.72. The van der Waals surface area contributed by atoms with Crippen molar-refractivity contribution < 1.29 is 4.79 Å². The molecular weight excluding hydrogens is 240 g/mol. The summed E-state index contributed by atoms with van der Waals surface area (Å²) >= 11 is 0. The second-order valence-corrected chi connectivity index (χ2v) is 4.23. The molecule has 0 bridgehead atoms. The highest BCUT2D eigenvalue weighted by Crippen LogP contribution is 2.10. The summed E-state index contributed by atoms with van der Waals surface area (Å²) in [7, 11) is 1.75. The van der Waals surface area contributed by atoms with Gasteiger partial charge in [-0.2, -0.15) is 0 Å². The number of carbonyl (C=O) groups is 1. The molecule has 0 saturated carbocycles. The van der Waals surface area contributed by atoms with Crippen LogP contribution in [-0.2, 0) is 11.3 Å². The molecule has 0 unspecified atom stereocenters. The standard InChI is InChI=1S/C14H22N4O/c1-4-8-16-14(15-3)17-10-12-6-5-7-13(9-12)18-11(2)19/h5-7,9H,4,8,10H2,1-3H3,(H,18,19)(H2,15,16,17). The maximum atomic E-state index is 11.0. The summed E-state index contributed by atoms with van der Waals surface area (Å²) in [5.74, 6) is 0.720. The van der Waals surface area contributed by atoms with Crippen LogP contribution in [0.25, 0.3) is 0 Å². The van der Waals surface area contributed by atoms with E-state index in [-0.39, 0.29) is 5.91 Å². The molecule has 0 aliphatic rings. The van der Waals surface area contributed by atoms with Crippen molar-refractivity contribution in [2.24, 2.45) is 4.99 Å². The van der Waals surface area contributed by atoms with E-state index < -0.39 is 0 Å². The lowest BCUT2D eigenvalue weighted by atomic mass is 10.2. The predicted molar refractivity (Wildman–Crippen MR) is 79.2 cm³/mol. The van der Waals surface area contributed by atoms with Gasteiger partial charge in [0.15, 0.2) is 5.96 Å². The van der Waals surface area contributed by atoms with Crippen LogP contribution in [0.2, 0.25) is 0 Å². The monoisotopic (exact) mass is 262 g/mol. The molecule has 104 valence electrons. The van der Waals surface area contributed by atoms with Crippen LogP contribution in [0.3, 0.4) is 0 Å². The van der Waals surface area contributed by atoms with Gasteiger partial charge in [0.05, 0.1) is 0 Å². The van der Waals surface area contributed by atoms with Gasteiger partial charge in [-0.3, -0.25) is 9.79 Å². The molecule has 5 nitrogen and oxygen atoms in total. The molecule has 0 atom stereocenters. The Balaban J connectivity index is 2.54. The van der Waals surface area contributed by atoms with Crippen LogP contribution in [0.1, 0.15) is 25.8 Å². The van der Waals surface area contributed by atoms with Gasteiger partial charge in [0, 0.05) is 32.7 Å². The molecule has 0 aliphatic heterocycles. The Morgan fingerprint density at radius 1 is 1.32 bits per heavy atom. The molecule has 0 saturated heterocycles. The largest absolute Gasteiger partial charge is 0.356 e. The Labute approximate surface area is 114 Å². The maximum Gasteiger partial charge on any atom is 0.221 e. The number of amides is 1. The van der Waals surface area contributed by atoms with Gasteiger partial charge in [-0.15, -0.1) is 0 Å². The van der Waals surface area contributed by atoms with E-state index >= 15 is 0 Å². The number of hydrogen-bond donors (Lipinski definition) is 3. The van der Waals surface area contributed by atoms with Gasteiger partial charge in [-0.05, 0) is 24.1 Å². The molecule has 1 aromatic rings. The van der Waals surface area contributed by atoms with Crippen molar-refractivity contribution in [3.05, 3.63) is 29.8 Å². The molecule has 1 rings (SSSR count). The normalized spacial score (nSPS) is 11.0. The number of carbonyl (C=O) groups excluding carboxylic acids is 1. The molecule has 1 amide bonds. The summed E-state index contributed by atoms with van der Waals surface area (Å²) in [4.78, 5) is 15.1. The number of aliphatic imine (C=N–C) groups is 1. The number of nitrogens with one attached hydrogen (secondary N) is 3. The van der Waals surface area contributed by atoms with Crippen molar-refractivity contribution in [3.63, 3.8) is 0 Å². The Hall–Kier alpha value is -2.04. The molecule has 1 aromatic carbocycles. The molecule has 0 radical (unpaired) electrons. The fraction of sp³-hybridized carbons (Fsp3) is 0.429. The van der Waals surface area contributed by atoms with Gasteiger partial charge in [-0.1, -0.05) is 19.1 Å². The third kappa shape index (κ3) is 5.90. The van der Waals surface area contributed by atoms with E-state index in [1.54, 1.807) is 7.05 Å². The zero-order chi connectivity index (χ0) is 14.1. The summed E-state index contributed by atoms with van der Waals surface area (Å²) in [5, 5.41) is 9.20. The number of anilines is 1. The third-order valence-electron chi connectivity index (χ3n) is 2.47. The van der Waals surface area contributed by atoms with Crippen LogP contribution in [0.5, 0.6) is 0 Å². The van der Waals surface area contributed by atoms with E-state index in [1.165, 1.54) is 6.92 Å². The molecule has 0 heterocycles. The highest BCUT2D eigenvalue weighted by Gasteiger charge is 2.00. The summed E-state index contributed by atoms with van der Waals surface area (Å²) < 4.78 is 0. The minimum Gasteiger partial charge on any atom is -0.356 e. The van der Waals surface area contributed by atoms with E-state index in [9.17, 15) is 4.79 Å². The fourth-order valence-corrected chi connectivity index (χ4v) is 1.61. The van der Waals surface area contributed by atoms with Crippen LogP contribution < -0.4 is 16.0 Å². The highest BCUT2D eigenvalue weighted by atomic mass is 16.1. The first-order valence-electron chi connectivity index (χ1n) is 6.46. The van der Waals surface area contributed by atoms with Gasteiger partial charge in [0.1, 0.15) is 0 Å². The number of benzene rings is 1. The van der Waals surface area contributed by atoms with Crippen LogP contribution >= 0.6 is 0 Å².